The van der Waals surface area contributed by atoms with Crippen molar-refractivity contribution in [3.05, 3.63) is 65.2 Å². The molecule has 1 atom stereocenters. The summed E-state index contributed by atoms with van der Waals surface area (Å²) in [4.78, 5) is 12.1. The van der Waals surface area contributed by atoms with E-state index in [0.29, 0.717) is 11.3 Å². The van der Waals surface area contributed by atoms with Crippen molar-refractivity contribution in [1.82, 2.24) is 0 Å². The first-order valence-electron chi connectivity index (χ1n) is 6.42. The molecule has 2 aromatic carbocycles. The number of ketones is 1. The van der Waals surface area contributed by atoms with Crippen molar-refractivity contribution in [1.29, 1.82) is 0 Å². The van der Waals surface area contributed by atoms with Gasteiger partial charge in [0.15, 0.2) is 5.78 Å². The third-order valence-corrected chi connectivity index (χ3v) is 3.44. The number of Topliss-reactive ketones (excluding diaryl/α,β-unsaturated/α-hetero) is 1. The first kappa shape index (κ1) is 13.7. The maximum atomic E-state index is 13.1. The van der Waals surface area contributed by atoms with Gasteiger partial charge >= 0.3 is 6.18 Å². The van der Waals surface area contributed by atoms with Crippen molar-refractivity contribution >= 4 is 5.78 Å². The van der Waals surface area contributed by atoms with E-state index in [-0.39, 0.29) is 17.8 Å². The molecule has 0 spiro atoms. The van der Waals surface area contributed by atoms with E-state index in [1.807, 2.05) is 0 Å². The number of benzene rings is 2. The lowest BCUT2D eigenvalue weighted by Crippen LogP contribution is -2.23. The fourth-order valence-electron chi connectivity index (χ4n) is 2.48. The number of hydrogen-bond donors (Lipinski definition) is 0. The van der Waals surface area contributed by atoms with Crippen LogP contribution >= 0.6 is 0 Å². The SMILES string of the molecule is O=C1CC(c2ccccc2C(F)(F)F)Oc2ccccc21. The molecule has 0 saturated carbocycles. The van der Waals surface area contributed by atoms with Gasteiger partial charge in [-0.3, -0.25) is 4.79 Å². The smallest absolute Gasteiger partial charge is 0.416 e. The Morgan fingerprint density at radius 1 is 1.00 bits per heavy atom. The highest BCUT2D eigenvalue weighted by molar-refractivity contribution is 6.00. The molecule has 0 amide bonds. The molecule has 0 fully saturated rings. The maximum absolute atomic E-state index is 13.1. The van der Waals surface area contributed by atoms with Crippen molar-refractivity contribution in [2.75, 3.05) is 0 Å². The molecule has 0 bridgehead atoms. The molecule has 2 aromatic rings. The number of hydrogen-bond acceptors (Lipinski definition) is 2. The van der Waals surface area contributed by atoms with E-state index in [4.69, 9.17) is 4.74 Å². The van der Waals surface area contributed by atoms with Crippen LogP contribution in [-0.4, -0.2) is 5.78 Å². The Hall–Kier alpha value is -2.30. The summed E-state index contributed by atoms with van der Waals surface area (Å²) in [5.74, 6) is 0.120. The Morgan fingerprint density at radius 3 is 2.43 bits per heavy atom. The van der Waals surface area contributed by atoms with Crippen LogP contribution in [0.3, 0.4) is 0 Å². The zero-order valence-electron chi connectivity index (χ0n) is 10.9. The molecule has 1 aliphatic heterocycles. The number of ether oxygens (including phenoxy) is 1. The van der Waals surface area contributed by atoms with Crippen LogP contribution in [0.15, 0.2) is 48.5 Å². The quantitative estimate of drug-likeness (QED) is 0.778. The van der Waals surface area contributed by atoms with Crippen molar-refractivity contribution in [2.24, 2.45) is 0 Å². The molecule has 5 heteroatoms. The number of rotatable bonds is 1. The van der Waals surface area contributed by atoms with Gasteiger partial charge in [0.2, 0.25) is 0 Å². The lowest BCUT2D eigenvalue weighted by atomic mass is 9.93. The molecule has 3 rings (SSSR count). The highest BCUT2D eigenvalue weighted by Crippen LogP contribution is 2.40. The van der Waals surface area contributed by atoms with Gasteiger partial charge < -0.3 is 4.74 Å². The first-order valence-corrected chi connectivity index (χ1v) is 6.42. The predicted octanol–water partition coefficient (Wildman–Crippen LogP) is 4.41. The van der Waals surface area contributed by atoms with Gasteiger partial charge in [0.05, 0.1) is 17.5 Å². The minimum absolute atomic E-state index is 0.00662. The van der Waals surface area contributed by atoms with Crippen LogP contribution in [0, 0.1) is 0 Å². The topological polar surface area (TPSA) is 26.3 Å². The fourth-order valence-corrected chi connectivity index (χ4v) is 2.48. The van der Waals surface area contributed by atoms with E-state index < -0.39 is 17.8 Å². The van der Waals surface area contributed by atoms with Crippen LogP contribution in [0.25, 0.3) is 0 Å². The summed E-state index contributed by atoms with van der Waals surface area (Å²) in [5.41, 5.74) is -0.353. The summed E-state index contributed by atoms with van der Waals surface area (Å²) in [6.45, 7) is 0. The van der Waals surface area contributed by atoms with Crippen molar-refractivity contribution in [3.63, 3.8) is 0 Å². The first-order chi connectivity index (χ1) is 9.97. The third-order valence-electron chi connectivity index (χ3n) is 3.44. The number of alkyl halides is 3. The van der Waals surface area contributed by atoms with Gasteiger partial charge in [0.25, 0.3) is 0 Å². The Balaban J connectivity index is 2.03. The molecule has 2 nitrogen and oxygen atoms in total. The zero-order valence-corrected chi connectivity index (χ0v) is 10.9. The number of para-hydroxylation sites is 1. The van der Waals surface area contributed by atoms with Crippen LogP contribution in [0.2, 0.25) is 0 Å². The lowest BCUT2D eigenvalue weighted by molar-refractivity contribution is -0.139. The summed E-state index contributed by atoms with van der Waals surface area (Å²) >= 11 is 0. The van der Waals surface area contributed by atoms with Gasteiger partial charge in [-0.05, 0) is 18.2 Å². The van der Waals surface area contributed by atoms with Gasteiger partial charge in [-0.2, -0.15) is 13.2 Å². The summed E-state index contributed by atoms with van der Waals surface area (Å²) < 4.78 is 44.8. The summed E-state index contributed by atoms with van der Waals surface area (Å²) in [7, 11) is 0. The second kappa shape index (κ2) is 4.91. The van der Waals surface area contributed by atoms with E-state index in [9.17, 15) is 18.0 Å². The number of carbonyl (C=O) groups excluding carboxylic acids is 1. The van der Waals surface area contributed by atoms with E-state index >= 15 is 0 Å². The maximum Gasteiger partial charge on any atom is 0.416 e. The van der Waals surface area contributed by atoms with Crippen molar-refractivity contribution < 1.29 is 22.7 Å². The van der Waals surface area contributed by atoms with Crippen LogP contribution in [0.4, 0.5) is 13.2 Å². The molecule has 1 aliphatic rings. The summed E-state index contributed by atoms with van der Waals surface area (Å²) in [6, 6.07) is 11.8. The predicted molar refractivity (Wildman–Crippen MR) is 70.2 cm³/mol. The van der Waals surface area contributed by atoms with E-state index in [1.165, 1.54) is 18.2 Å². The molecule has 0 aromatic heterocycles. The second-order valence-corrected chi connectivity index (χ2v) is 4.81. The van der Waals surface area contributed by atoms with E-state index in [2.05, 4.69) is 0 Å². The van der Waals surface area contributed by atoms with E-state index in [1.54, 1.807) is 24.3 Å². The van der Waals surface area contributed by atoms with Crippen LogP contribution in [-0.2, 0) is 6.18 Å². The Bertz CT molecular complexity index is 692. The molecule has 108 valence electrons. The molecule has 0 radical (unpaired) electrons. The van der Waals surface area contributed by atoms with Gasteiger partial charge in [-0.25, -0.2) is 0 Å². The number of carbonyl (C=O) groups is 1. The molecule has 0 aliphatic carbocycles. The monoisotopic (exact) mass is 292 g/mol. The Kier molecular flexibility index (Phi) is 3.20. The van der Waals surface area contributed by atoms with Gasteiger partial charge in [0.1, 0.15) is 11.9 Å². The molecule has 1 heterocycles. The van der Waals surface area contributed by atoms with Crippen molar-refractivity contribution in [2.45, 2.75) is 18.7 Å². The zero-order chi connectivity index (χ0) is 15.0. The highest BCUT2D eigenvalue weighted by Gasteiger charge is 2.37. The largest absolute Gasteiger partial charge is 0.484 e. The molecule has 0 saturated heterocycles. The van der Waals surface area contributed by atoms with Crippen molar-refractivity contribution in [3.8, 4) is 5.75 Å². The average Bonchev–Trinajstić information content (AvgIpc) is 2.46. The molecular formula is C16H11F3O2. The van der Waals surface area contributed by atoms with Crippen LogP contribution < -0.4 is 4.74 Å². The molecule has 21 heavy (non-hydrogen) atoms. The normalized spacial score (nSPS) is 18.0. The van der Waals surface area contributed by atoms with Gasteiger partial charge in [0, 0.05) is 5.56 Å². The molecular weight excluding hydrogens is 281 g/mol. The highest BCUT2D eigenvalue weighted by atomic mass is 19.4. The summed E-state index contributed by atoms with van der Waals surface area (Å²) in [5, 5.41) is 0. The Morgan fingerprint density at radius 2 is 1.67 bits per heavy atom. The van der Waals surface area contributed by atoms with Crippen LogP contribution in [0.1, 0.15) is 34.0 Å². The third kappa shape index (κ3) is 2.51. The van der Waals surface area contributed by atoms with Gasteiger partial charge in [-0.1, -0.05) is 30.3 Å². The number of halogens is 3. The molecule has 1 unspecified atom stereocenters. The average molecular weight is 292 g/mol. The summed E-state index contributed by atoms with van der Waals surface area (Å²) in [6.07, 6.45) is -5.48. The minimum Gasteiger partial charge on any atom is -0.484 e. The van der Waals surface area contributed by atoms with E-state index in [0.717, 1.165) is 6.07 Å². The van der Waals surface area contributed by atoms with Gasteiger partial charge in [-0.15, -0.1) is 0 Å². The number of fused-ring (bicyclic) bond motifs is 1. The fraction of sp³-hybridized carbons (Fsp3) is 0.188. The second-order valence-electron chi connectivity index (χ2n) is 4.81. The lowest BCUT2D eigenvalue weighted by Gasteiger charge is -2.27. The minimum atomic E-state index is -4.47. The molecule has 0 N–H and O–H groups in total. The van der Waals surface area contributed by atoms with Crippen LogP contribution in [0.5, 0.6) is 5.75 Å². The Labute approximate surface area is 119 Å². The standard InChI is InChI=1S/C16H11F3O2/c17-16(18,19)12-7-3-1-5-10(12)15-9-13(20)11-6-2-4-8-14(11)21-15/h1-8,15H,9H2.